The maximum absolute atomic E-state index is 13.6. The monoisotopic (exact) mass is 491 g/mol. The highest BCUT2D eigenvalue weighted by Gasteiger charge is 2.51. The third-order valence-corrected chi connectivity index (χ3v) is 7.31. The molecule has 11 heteroatoms. The molecule has 1 saturated carbocycles. The molecule has 6 rings (SSSR count). The summed E-state index contributed by atoms with van der Waals surface area (Å²) in [5.74, 6) is -1.06. The largest absolute Gasteiger partial charge is 0.364 e. The summed E-state index contributed by atoms with van der Waals surface area (Å²) < 4.78 is 1.49. The molecule has 2 aliphatic rings. The van der Waals surface area contributed by atoms with E-state index in [4.69, 9.17) is 17.3 Å². The van der Waals surface area contributed by atoms with Crippen LogP contribution in [0.4, 0.5) is 5.69 Å². The zero-order valence-electron chi connectivity index (χ0n) is 18.6. The van der Waals surface area contributed by atoms with Crippen molar-refractivity contribution in [3.05, 3.63) is 53.3 Å². The number of fused-ring (bicyclic) bond motifs is 4. The molecule has 35 heavy (non-hydrogen) atoms. The second kappa shape index (κ2) is 8.09. The normalized spacial score (nSPS) is 21.2. The van der Waals surface area contributed by atoms with Gasteiger partial charge in [-0.15, -0.1) is 0 Å². The third kappa shape index (κ3) is 3.52. The molecule has 178 valence electrons. The number of amides is 3. The molecule has 0 unspecified atom stereocenters. The van der Waals surface area contributed by atoms with Crippen molar-refractivity contribution in [2.24, 2.45) is 11.7 Å². The zero-order chi connectivity index (χ0) is 24.3. The maximum Gasteiger partial charge on any atom is 0.269 e. The summed E-state index contributed by atoms with van der Waals surface area (Å²) in [6, 6.07) is 9.96. The number of nitrogens with two attached hydrogens (primary N) is 1. The van der Waals surface area contributed by atoms with Gasteiger partial charge in [-0.3, -0.25) is 24.2 Å². The summed E-state index contributed by atoms with van der Waals surface area (Å²) in [4.78, 5) is 40.6. The Morgan fingerprint density at radius 3 is 2.86 bits per heavy atom. The van der Waals surface area contributed by atoms with Crippen LogP contribution in [-0.2, 0) is 16.1 Å². The molecular weight excluding hydrogens is 470 g/mol. The van der Waals surface area contributed by atoms with Crippen LogP contribution in [0, 0.1) is 5.92 Å². The van der Waals surface area contributed by atoms with Crippen LogP contribution in [-0.4, -0.2) is 54.7 Å². The summed E-state index contributed by atoms with van der Waals surface area (Å²) in [6.45, 7) is -0.0945. The van der Waals surface area contributed by atoms with E-state index in [0.717, 1.165) is 24.6 Å². The van der Waals surface area contributed by atoms with Gasteiger partial charge in [-0.2, -0.15) is 10.2 Å². The van der Waals surface area contributed by atoms with Gasteiger partial charge in [-0.25, -0.2) is 0 Å². The van der Waals surface area contributed by atoms with Crippen molar-refractivity contribution in [2.45, 2.75) is 37.9 Å². The van der Waals surface area contributed by atoms with Crippen LogP contribution in [0.2, 0.25) is 5.02 Å². The highest BCUT2D eigenvalue weighted by atomic mass is 35.5. The van der Waals surface area contributed by atoms with Gasteiger partial charge in [-0.1, -0.05) is 29.8 Å². The number of nitrogens with one attached hydrogen (secondary N) is 2. The van der Waals surface area contributed by atoms with E-state index >= 15 is 0 Å². The van der Waals surface area contributed by atoms with E-state index in [0.29, 0.717) is 27.1 Å². The lowest BCUT2D eigenvalue weighted by Crippen LogP contribution is -2.52. The van der Waals surface area contributed by atoms with Gasteiger partial charge in [0.05, 0.1) is 22.9 Å². The number of carbonyl (C=O) groups excluding carboxylic acids is 3. The van der Waals surface area contributed by atoms with E-state index < -0.39 is 11.9 Å². The summed E-state index contributed by atoms with van der Waals surface area (Å²) in [5.41, 5.74) is 7.45. The Kier molecular flexibility index (Phi) is 4.99. The predicted octanol–water partition coefficient (Wildman–Crippen LogP) is 2.68. The number of hydrogen-bond acceptors (Lipinski definition) is 5. The maximum atomic E-state index is 13.6. The summed E-state index contributed by atoms with van der Waals surface area (Å²) in [6.07, 6.45) is 4.16. The van der Waals surface area contributed by atoms with Crippen molar-refractivity contribution in [2.75, 3.05) is 5.32 Å². The van der Waals surface area contributed by atoms with E-state index in [1.807, 2.05) is 6.07 Å². The molecule has 0 radical (unpaired) electrons. The Morgan fingerprint density at radius 1 is 1.20 bits per heavy atom. The van der Waals surface area contributed by atoms with Crippen LogP contribution in [0.15, 0.2) is 42.6 Å². The molecule has 3 amide bonds. The van der Waals surface area contributed by atoms with E-state index in [-0.39, 0.29) is 36.0 Å². The van der Waals surface area contributed by atoms with Crippen molar-refractivity contribution >= 4 is 56.8 Å². The molecule has 2 bridgehead atoms. The van der Waals surface area contributed by atoms with Crippen molar-refractivity contribution in [3.63, 3.8) is 0 Å². The fraction of sp³-hybridized carbons (Fsp3) is 0.292. The lowest BCUT2D eigenvalue weighted by atomic mass is 9.97. The zero-order valence-corrected chi connectivity index (χ0v) is 19.3. The first-order valence-corrected chi connectivity index (χ1v) is 11.8. The van der Waals surface area contributed by atoms with E-state index in [2.05, 4.69) is 20.6 Å². The molecule has 1 saturated heterocycles. The lowest BCUT2D eigenvalue weighted by Gasteiger charge is -2.34. The number of aromatic nitrogens is 4. The molecule has 2 aromatic carbocycles. The second-order valence-electron chi connectivity index (χ2n) is 9.14. The van der Waals surface area contributed by atoms with Gasteiger partial charge in [0.25, 0.3) is 5.91 Å². The van der Waals surface area contributed by atoms with Gasteiger partial charge in [0.1, 0.15) is 12.6 Å². The van der Waals surface area contributed by atoms with Crippen molar-refractivity contribution in [1.29, 1.82) is 0 Å². The minimum Gasteiger partial charge on any atom is -0.364 e. The average Bonchev–Trinajstić information content (AvgIpc) is 3.61. The number of carbonyl (C=O) groups is 3. The lowest BCUT2D eigenvalue weighted by molar-refractivity contribution is -0.141. The highest BCUT2D eigenvalue weighted by Crippen LogP contribution is 2.43. The first kappa shape index (κ1) is 21.6. The Hall–Kier alpha value is -3.92. The quantitative estimate of drug-likeness (QED) is 0.394. The number of H-pyrrole nitrogens is 1. The molecule has 3 heterocycles. The number of nitrogens with zero attached hydrogens (tertiary/aromatic N) is 4. The van der Waals surface area contributed by atoms with Crippen molar-refractivity contribution < 1.29 is 14.4 Å². The minimum atomic E-state index is -0.656. The van der Waals surface area contributed by atoms with E-state index in [1.165, 1.54) is 4.68 Å². The number of halogens is 1. The third-order valence-electron chi connectivity index (χ3n) is 7.09. The Bertz CT molecular complexity index is 1510. The van der Waals surface area contributed by atoms with Crippen LogP contribution < -0.4 is 11.1 Å². The van der Waals surface area contributed by atoms with Gasteiger partial charge in [-0.05, 0) is 43.4 Å². The van der Waals surface area contributed by atoms with Crippen molar-refractivity contribution in [1.82, 2.24) is 24.9 Å². The van der Waals surface area contributed by atoms with Crippen LogP contribution in [0.25, 0.3) is 21.8 Å². The number of benzene rings is 2. The van der Waals surface area contributed by atoms with Crippen LogP contribution >= 0.6 is 11.6 Å². The molecule has 1 aliphatic heterocycles. The molecule has 0 spiro atoms. The molecule has 1 aliphatic carbocycles. The van der Waals surface area contributed by atoms with Crippen LogP contribution in [0.1, 0.15) is 29.8 Å². The van der Waals surface area contributed by atoms with E-state index in [9.17, 15) is 14.4 Å². The summed E-state index contributed by atoms with van der Waals surface area (Å²) in [7, 11) is 0. The first-order chi connectivity index (χ1) is 16.9. The average molecular weight is 492 g/mol. The second-order valence-corrected chi connectivity index (χ2v) is 9.57. The molecule has 10 nitrogen and oxygen atoms in total. The molecule has 4 aromatic rings. The Labute approximate surface area is 204 Å². The molecule has 4 N–H and O–H groups in total. The number of aromatic amines is 1. The van der Waals surface area contributed by atoms with Crippen molar-refractivity contribution in [3.8, 4) is 0 Å². The fourth-order valence-electron chi connectivity index (χ4n) is 5.65. The molecule has 3 atom stereocenters. The van der Waals surface area contributed by atoms with Gasteiger partial charge in [0, 0.05) is 21.8 Å². The number of primary amides is 1. The molecular formula is C24H22ClN7O3. The highest BCUT2D eigenvalue weighted by molar-refractivity contribution is 6.32. The van der Waals surface area contributed by atoms with Gasteiger partial charge >= 0.3 is 0 Å². The van der Waals surface area contributed by atoms with E-state index in [1.54, 1.807) is 41.4 Å². The van der Waals surface area contributed by atoms with Gasteiger partial charge in [0.2, 0.25) is 11.8 Å². The van der Waals surface area contributed by atoms with Crippen LogP contribution in [0.5, 0.6) is 0 Å². The summed E-state index contributed by atoms with van der Waals surface area (Å²) >= 11 is 6.23. The number of hydrogen-bond donors (Lipinski definition) is 3. The van der Waals surface area contributed by atoms with Gasteiger partial charge < -0.3 is 16.0 Å². The minimum absolute atomic E-state index is 0.00720. The molecule has 2 aromatic heterocycles. The number of anilines is 1. The number of rotatable bonds is 5. The molecule has 2 fully saturated rings. The van der Waals surface area contributed by atoms with Crippen LogP contribution in [0.3, 0.4) is 0 Å². The summed E-state index contributed by atoms with van der Waals surface area (Å²) in [5, 5.41) is 16.0. The van der Waals surface area contributed by atoms with Gasteiger partial charge in [0.15, 0.2) is 5.69 Å². The first-order valence-electron chi connectivity index (χ1n) is 11.4. The number of piperidine rings is 1. The fourth-order valence-corrected chi connectivity index (χ4v) is 5.88. The number of likely N-dealkylation sites (tertiary alicyclic amines) is 1. The smallest absolute Gasteiger partial charge is 0.269 e. The predicted molar refractivity (Wildman–Crippen MR) is 130 cm³/mol. The SMILES string of the molecule is NC(=O)c1nn(CC(=O)N2[C@@H]3CC[C@@H](C3)[C@H]2C(=O)Nc2cc(Cl)cc3cn[nH]c23)c2ccccc12. The Balaban J connectivity index is 1.29. The number of para-hydroxylation sites is 1. The Morgan fingerprint density at radius 2 is 2.03 bits per heavy atom. The standard InChI is InChI=1S/C24H22ClN7O3/c25-14-7-13-10-27-29-20(13)17(9-14)28-24(35)22-12-5-6-15(8-12)32(22)19(33)11-31-18-4-2-1-3-16(18)21(30-31)23(26)34/h1-4,7,9-10,12,15,22H,5-6,8,11H2,(H2,26,34)(H,27,29)(H,28,35)/t12-,15+,22-/m0/s1. The topological polar surface area (TPSA) is 139 Å².